The second-order valence-electron chi connectivity index (χ2n) is 18.6. The second-order valence-corrected chi connectivity index (χ2v) is 18.6. The fraction of sp³-hybridized carbons (Fsp3) is 0.288. The highest BCUT2D eigenvalue weighted by atomic mass is 19.4. The molecule has 0 spiro atoms. The van der Waals surface area contributed by atoms with Crippen molar-refractivity contribution in [2.75, 3.05) is 13.2 Å². The van der Waals surface area contributed by atoms with Gasteiger partial charge in [-0.25, -0.2) is 4.99 Å². The predicted octanol–water partition coefficient (Wildman–Crippen LogP) is 14.9. The Morgan fingerprint density at radius 3 is 1.51 bits per heavy atom. The summed E-state index contributed by atoms with van der Waals surface area (Å²) in [5.41, 5.74) is 6.26. The van der Waals surface area contributed by atoms with Crippen LogP contribution in [0.25, 0.3) is 22.5 Å². The molecule has 0 saturated heterocycles. The van der Waals surface area contributed by atoms with Crippen LogP contribution in [0, 0.1) is 6.92 Å². The van der Waals surface area contributed by atoms with Crippen molar-refractivity contribution in [3.8, 4) is 22.8 Å². The molecule has 0 N–H and O–H groups in total. The van der Waals surface area contributed by atoms with Gasteiger partial charge in [-0.2, -0.15) is 43.9 Å². The number of hydrogen-bond donors (Lipinski definition) is 0. The average molecular weight is 949 g/mol. The Hall–Kier alpha value is -6.13. The summed E-state index contributed by atoms with van der Waals surface area (Å²) in [6.07, 6.45) is -12.4. The molecule has 0 aliphatic carbocycles. The molecule has 0 radical (unpaired) electrons. The number of para-hydroxylation sites is 1. The van der Waals surface area contributed by atoms with Gasteiger partial charge >= 0.3 is 31.5 Å². The van der Waals surface area contributed by atoms with Crippen molar-refractivity contribution in [1.29, 1.82) is 0 Å². The Bertz CT molecular complexity index is 2790. The van der Waals surface area contributed by atoms with Gasteiger partial charge in [0, 0.05) is 39.6 Å². The van der Waals surface area contributed by atoms with Gasteiger partial charge in [0.1, 0.15) is 19.0 Å². The molecule has 68 heavy (non-hydrogen) atoms. The topological polar surface area (TPSA) is 45.0 Å². The highest BCUT2D eigenvalue weighted by molar-refractivity contribution is 6.44. The summed E-state index contributed by atoms with van der Waals surface area (Å²) >= 11 is 0. The molecule has 0 atom stereocenters. The number of aliphatic imine (C=N–C) groups is 1. The van der Waals surface area contributed by atoms with Crippen molar-refractivity contribution >= 4 is 24.2 Å². The first kappa shape index (κ1) is 49.8. The number of hydrogen-bond acceptors (Lipinski definition) is 4. The third-order valence-electron chi connectivity index (χ3n) is 11.4. The van der Waals surface area contributed by atoms with Crippen LogP contribution in [0.4, 0.5) is 43.9 Å². The molecule has 2 aliphatic rings. The van der Waals surface area contributed by atoms with Crippen LogP contribution in [-0.2, 0) is 20.1 Å². The van der Waals surface area contributed by atoms with E-state index in [2.05, 4.69) is 51.1 Å². The van der Waals surface area contributed by atoms with Gasteiger partial charge in [0.2, 0.25) is 0 Å². The number of fused-ring (bicyclic) bond motifs is 3. The van der Waals surface area contributed by atoms with Crippen LogP contribution in [-0.4, -0.2) is 54.9 Å². The monoisotopic (exact) mass is 948 g/mol. The van der Waals surface area contributed by atoms with E-state index in [4.69, 9.17) is 19.0 Å². The highest BCUT2D eigenvalue weighted by Crippen LogP contribution is 2.52. The van der Waals surface area contributed by atoms with Crippen molar-refractivity contribution in [3.63, 3.8) is 0 Å². The normalized spacial score (nSPS) is 15.1. The van der Waals surface area contributed by atoms with Crippen molar-refractivity contribution in [2.24, 2.45) is 4.99 Å². The lowest BCUT2D eigenvalue weighted by Gasteiger charge is -2.29. The van der Waals surface area contributed by atoms with E-state index in [9.17, 15) is 43.9 Å². The summed E-state index contributed by atoms with van der Waals surface area (Å²) in [5.74, 6) is -11.0. The maximum atomic E-state index is 14.5. The summed E-state index contributed by atoms with van der Waals surface area (Å²) in [5, 5.41) is 0. The van der Waals surface area contributed by atoms with E-state index in [1.54, 1.807) is 66.7 Å². The molecule has 3 heterocycles. The fourth-order valence-electron chi connectivity index (χ4n) is 7.55. The van der Waals surface area contributed by atoms with E-state index >= 15 is 0 Å². The van der Waals surface area contributed by atoms with E-state index in [-0.39, 0.29) is 45.1 Å². The Kier molecular flexibility index (Phi) is 13.5. The molecule has 356 valence electrons. The molecule has 0 amide bonds. The zero-order valence-electron chi connectivity index (χ0n) is 38.1. The number of alkyl halides is 10. The Morgan fingerprint density at radius 1 is 0.529 bits per heavy atom. The first-order valence-electron chi connectivity index (χ1n) is 21.5. The molecule has 1 aromatic heterocycles. The number of rotatable bonds is 9. The summed E-state index contributed by atoms with van der Waals surface area (Å²) in [4.78, 5) is 5.04. The van der Waals surface area contributed by atoms with Gasteiger partial charge in [-0.15, -0.1) is 0 Å². The number of aromatic nitrogens is 1. The molecule has 0 fully saturated rings. The van der Waals surface area contributed by atoms with Gasteiger partial charge in [0.05, 0.1) is 17.1 Å². The van der Waals surface area contributed by atoms with E-state index < -0.39 is 44.7 Å². The third kappa shape index (κ3) is 10.3. The molecular weight excluding hydrogens is 901 g/mol. The lowest BCUT2D eigenvalue weighted by molar-refractivity contribution is -0.295. The van der Waals surface area contributed by atoms with E-state index in [1.165, 1.54) is 11.6 Å². The van der Waals surface area contributed by atoms with Crippen molar-refractivity contribution in [3.05, 3.63) is 178 Å². The van der Waals surface area contributed by atoms with Crippen LogP contribution in [0.15, 0.2) is 138 Å². The Balaban J connectivity index is 0.000000608. The molecule has 16 heteroatoms. The molecule has 2 aliphatic heterocycles. The minimum atomic E-state index is -6.18. The molecular formula is C52H47BF10N2O3. The van der Waals surface area contributed by atoms with Crippen LogP contribution in [0.5, 0.6) is 11.5 Å². The molecule has 0 saturated carbocycles. The zero-order chi connectivity index (χ0) is 49.6. The van der Waals surface area contributed by atoms with Crippen LogP contribution >= 0.6 is 0 Å². The van der Waals surface area contributed by atoms with Gasteiger partial charge in [-0.05, 0) is 40.5 Å². The summed E-state index contributed by atoms with van der Waals surface area (Å²) < 4.78 is 156. The first-order chi connectivity index (χ1) is 31.7. The number of nitrogens with zero attached hydrogens (tertiary/aromatic N) is 2. The molecule has 0 bridgehead atoms. The maximum Gasteiger partial charge on any atom is 0.598 e. The molecule has 5 nitrogen and oxygen atoms in total. The third-order valence-corrected chi connectivity index (χ3v) is 11.4. The second kappa shape index (κ2) is 18.4. The highest BCUT2D eigenvalue weighted by Gasteiger charge is 2.60. The fourth-order valence-corrected chi connectivity index (χ4v) is 7.55. The Labute approximate surface area is 388 Å². The molecule has 5 aromatic carbocycles. The Morgan fingerprint density at radius 2 is 1.00 bits per heavy atom. The lowest BCUT2D eigenvalue weighted by Crippen LogP contribution is -2.48. The number of halogens is 10. The number of ether oxygens (including phenoxy) is 1. The number of aryl methyl sites for hydroxylation is 1. The van der Waals surface area contributed by atoms with E-state index in [0.717, 1.165) is 15.6 Å². The maximum absolute atomic E-state index is 14.5. The summed E-state index contributed by atoms with van der Waals surface area (Å²) in [6, 6.07) is 39.5. The van der Waals surface area contributed by atoms with Crippen LogP contribution in [0.1, 0.15) is 86.2 Å². The summed E-state index contributed by atoms with van der Waals surface area (Å²) in [6.45, 7) is 9.35. The van der Waals surface area contributed by atoms with Gasteiger partial charge in [0.15, 0.2) is 5.75 Å². The minimum absolute atomic E-state index is 0.0741. The van der Waals surface area contributed by atoms with Gasteiger partial charge in [0.25, 0.3) is 0 Å². The van der Waals surface area contributed by atoms with Gasteiger partial charge < -0.3 is 18.5 Å². The largest absolute Gasteiger partial charge is 0.598 e. The quantitative estimate of drug-likeness (QED) is 0.107. The van der Waals surface area contributed by atoms with Crippen LogP contribution in [0.2, 0.25) is 0 Å². The van der Waals surface area contributed by atoms with Crippen molar-refractivity contribution in [1.82, 2.24) is 4.48 Å². The lowest BCUT2D eigenvalue weighted by atomic mass is 9.86. The predicted molar refractivity (Wildman–Crippen MR) is 244 cm³/mol. The van der Waals surface area contributed by atoms with Gasteiger partial charge in [-0.1, -0.05) is 168 Å². The van der Waals surface area contributed by atoms with Crippen LogP contribution in [0.3, 0.4) is 0 Å². The molecule has 6 aromatic rings. The van der Waals surface area contributed by atoms with E-state index in [1.807, 2.05) is 58.0 Å². The molecule has 8 rings (SSSR count). The standard InChI is InChI=1S/C42H33BF10N2O3.C10H14/c1-24-13-15-26(16-14-24)35-28-9-5-6-10-29(28)36(54-35)34-30-11-7-8-12-32(30)58-33-21-31(25-17-19-27(20-18-25)38(2,3)4)55(37(33)34)43(56-22-39(44,45)41(48,49)50)57-23-40(46,47)42(51,52)53;1-10(2,3)9-7-5-4-6-8-9/h5-21H,22-23H2,1-4H3;4-8H,1-3H3/b36-34-;. The summed E-state index contributed by atoms with van der Waals surface area (Å²) in [7, 11) is -2.75. The van der Waals surface area contributed by atoms with Crippen LogP contribution < -0.4 is 4.74 Å². The van der Waals surface area contributed by atoms with Crippen molar-refractivity contribution in [2.45, 2.75) is 83.5 Å². The average Bonchev–Trinajstić information content (AvgIpc) is 3.84. The van der Waals surface area contributed by atoms with Crippen molar-refractivity contribution < 1.29 is 57.9 Å². The minimum Gasteiger partial charge on any atom is -0.454 e. The van der Waals surface area contributed by atoms with E-state index in [0.29, 0.717) is 33.4 Å². The zero-order valence-corrected chi connectivity index (χ0v) is 38.1. The van der Waals surface area contributed by atoms with Gasteiger partial charge in [-0.3, -0.25) is 0 Å². The first-order valence-corrected chi connectivity index (χ1v) is 21.5. The SMILES string of the molecule is CC(C)(C)c1ccccc1.Cc1ccc(C2=N/C(=C3/c4ccccc4Oc4cc(-c5ccc(C(C)(C)C)cc5)n(B(OCC(F)(F)C(F)(F)F)OCC(F)(F)C(F)(F)F)c43)c3ccccc32)cc1. The smallest absolute Gasteiger partial charge is 0.454 e. The molecule has 0 unspecified atom stereocenters. The number of benzene rings is 5.